The number of nitrogens with zero attached hydrogens (tertiary/aromatic N) is 5. The summed E-state index contributed by atoms with van der Waals surface area (Å²) in [4.78, 5) is 28.2. The zero-order valence-electron chi connectivity index (χ0n) is 13.6. The third kappa shape index (κ3) is 3.60. The van der Waals surface area contributed by atoms with Crippen molar-refractivity contribution in [3.05, 3.63) is 42.0 Å². The molecule has 0 bridgehead atoms. The van der Waals surface area contributed by atoms with Gasteiger partial charge in [0.15, 0.2) is 0 Å². The number of nitrogens with two attached hydrogens (primary N) is 1. The van der Waals surface area contributed by atoms with Crippen LogP contribution in [0.25, 0.3) is 0 Å². The van der Waals surface area contributed by atoms with Gasteiger partial charge in [-0.15, -0.1) is 0 Å². The van der Waals surface area contributed by atoms with Gasteiger partial charge in [-0.05, 0) is 6.07 Å². The number of primary amides is 1. The van der Waals surface area contributed by atoms with E-state index in [4.69, 9.17) is 10.5 Å². The average molecular weight is 328 g/mol. The number of ether oxygens (including phenoxy) is 1. The summed E-state index contributed by atoms with van der Waals surface area (Å²) in [5.41, 5.74) is 6.52. The Kier molecular flexibility index (Phi) is 4.85. The molecule has 1 aliphatic rings. The monoisotopic (exact) mass is 328 g/mol. The Morgan fingerprint density at radius 3 is 2.79 bits per heavy atom. The van der Waals surface area contributed by atoms with Crippen molar-refractivity contribution < 1.29 is 9.53 Å². The molecule has 8 heteroatoms. The third-order valence-corrected chi connectivity index (χ3v) is 4.01. The molecule has 2 N–H and O–H groups in total. The molecular formula is C16H20N6O2. The molecule has 0 aliphatic carbocycles. The standard InChI is InChI=1S/C16H20N6O2/c1-24-16-12(3-2-4-19-16)11-21-5-7-22(8-6-21)14-10-18-9-13(20-14)15(17)23/h2-4,9-10H,5-8,11H2,1H3,(H2,17,23). The molecule has 2 aromatic rings. The van der Waals surface area contributed by atoms with Gasteiger partial charge >= 0.3 is 0 Å². The van der Waals surface area contributed by atoms with E-state index in [1.54, 1.807) is 19.5 Å². The van der Waals surface area contributed by atoms with E-state index in [9.17, 15) is 4.79 Å². The Morgan fingerprint density at radius 1 is 1.29 bits per heavy atom. The number of methoxy groups -OCH3 is 1. The van der Waals surface area contributed by atoms with Crippen LogP contribution in [0.4, 0.5) is 5.82 Å². The molecule has 0 radical (unpaired) electrons. The van der Waals surface area contributed by atoms with Crippen LogP contribution in [0.5, 0.6) is 5.88 Å². The van der Waals surface area contributed by atoms with E-state index in [0.717, 1.165) is 38.3 Å². The van der Waals surface area contributed by atoms with Gasteiger partial charge in [0.25, 0.3) is 5.91 Å². The summed E-state index contributed by atoms with van der Waals surface area (Å²) in [5, 5.41) is 0. The maximum atomic E-state index is 11.2. The number of amides is 1. The van der Waals surface area contributed by atoms with Crippen LogP contribution in [-0.4, -0.2) is 59.0 Å². The second-order valence-corrected chi connectivity index (χ2v) is 5.56. The molecule has 0 aromatic carbocycles. The quantitative estimate of drug-likeness (QED) is 0.843. The molecule has 0 unspecified atom stereocenters. The first-order chi connectivity index (χ1) is 11.7. The van der Waals surface area contributed by atoms with E-state index >= 15 is 0 Å². The molecule has 24 heavy (non-hydrogen) atoms. The van der Waals surface area contributed by atoms with Crippen molar-refractivity contribution in [2.45, 2.75) is 6.54 Å². The van der Waals surface area contributed by atoms with Gasteiger partial charge in [-0.3, -0.25) is 14.7 Å². The van der Waals surface area contributed by atoms with E-state index in [-0.39, 0.29) is 5.69 Å². The number of piperazine rings is 1. The predicted octanol–water partition coefficient (Wildman–Crippen LogP) is 0.301. The Labute approximate surface area is 140 Å². The minimum absolute atomic E-state index is 0.190. The lowest BCUT2D eigenvalue weighted by Gasteiger charge is -2.35. The second-order valence-electron chi connectivity index (χ2n) is 5.56. The number of anilines is 1. The molecule has 2 aromatic heterocycles. The zero-order chi connectivity index (χ0) is 16.9. The summed E-state index contributed by atoms with van der Waals surface area (Å²) in [5.74, 6) is 0.788. The molecule has 1 fully saturated rings. The normalized spacial score (nSPS) is 15.3. The third-order valence-electron chi connectivity index (χ3n) is 4.01. The molecule has 8 nitrogen and oxygen atoms in total. The first-order valence-corrected chi connectivity index (χ1v) is 7.74. The summed E-state index contributed by atoms with van der Waals surface area (Å²) >= 11 is 0. The highest BCUT2D eigenvalue weighted by Gasteiger charge is 2.20. The van der Waals surface area contributed by atoms with E-state index in [1.807, 2.05) is 12.1 Å². The van der Waals surface area contributed by atoms with Gasteiger partial charge in [0.1, 0.15) is 11.5 Å². The van der Waals surface area contributed by atoms with Crippen molar-refractivity contribution >= 4 is 11.7 Å². The van der Waals surface area contributed by atoms with Crippen molar-refractivity contribution in [3.8, 4) is 5.88 Å². The summed E-state index contributed by atoms with van der Waals surface area (Å²) in [6.07, 6.45) is 4.77. The van der Waals surface area contributed by atoms with Gasteiger partial charge in [-0.1, -0.05) is 6.07 Å². The molecule has 0 saturated carbocycles. The SMILES string of the molecule is COc1ncccc1CN1CCN(c2cncc(C(N)=O)n2)CC1. The smallest absolute Gasteiger partial charge is 0.268 e. The van der Waals surface area contributed by atoms with Crippen LogP contribution in [0.15, 0.2) is 30.7 Å². The van der Waals surface area contributed by atoms with Crippen molar-refractivity contribution in [3.63, 3.8) is 0 Å². The van der Waals surface area contributed by atoms with Gasteiger partial charge < -0.3 is 15.4 Å². The van der Waals surface area contributed by atoms with E-state index in [1.165, 1.54) is 6.20 Å². The van der Waals surface area contributed by atoms with Crippen LogP contribution in [0.1, 0.15) is 16.1 Å². The Bertz CT molecular complexity index is 715. The molecule has 126 valence electrons. The number of aromatic nitrogens is 3. The summed E-state index contributed by atoms with van der Waals surface area (Å²) in [7, 11) is 1.63. The first kappa shape index (κ1) is 16.1. The molecule has 1 aliphatic heterocycles. The van der Waals surface area contributed by atoms with Crippen LogP contribution >= 0.6 is 0 Å². The molecule has 3 heterocycles. The van der Waals surface area contributed by atoms with Crippen LogP contribution in [-0.2, 0) is 6.54 Å². The number of carbonyl (C=O) groups excluding carboxylic acids is 1. The lowest BCUT2D eigenvalue weighted by Crippen LogP contribution is -2.46. The van der Waals surface area contributed by atoms with Crippen molar-refractivity contribution in [2.24, 2.45) is 5.73 Å². The maximum Gasteiger partial charge on any atom is 0.268 e. The Balaban J connectivity index is 1.62. The van der Waals surface area contributed by atoms with Crippen LogP contribution in [0, 0.1) is 0 Å². The highest BCUT2D eigenvalue weighted by Crippen LogP contribution is 2.18. The second kappa shape index (κ2) is 7.22. The van der Waals surface area contributed by atoms with Crippen LogP contribution < -0.4 is 15.4 Å². The van der Waals surface area contributed by atoms with E-state index < -0.39 is 5.91 Å². The molecule has 0 spiro atoms. The zero-order valence-corrected chi connectivity index (χ0v) is 13.6. The maximum absolute atomic E-state index is 11.2. The summed E-state index contributed by atoms with van der Waals surface area (Å²) in [6.45, 7) is 4.15. The average Bonchev–Trinajstić information content (AvgIpc) is 2.63. The fraction of sp³-hybridized carbons (Fsp3) is 0.375. The number of hydrogen-bond acceptors (Lipinski definition) is 7. The lowest BCUT2D eigenvalue weighted by molar-refractivity contribution is 0.0995. The molecule has 3 rings (SSSR count). The number of hydrogen-bond donors (Lipinski definition) is 1. The molecular weight excluding hydrogens is 308 g/mol. The lowest BCUT2D eigenvalue weighted by atomic mass is 10.2. The van der Waals surface area contributed by atoms with Crippen molar-refractivity contribution in [1.29, 1.82) is 0 Å². The first-order valence-electron chi connectivity index (χ1n) is 7.74. The highest BCUT2D eigenvalue weighted by atomic mass is 16.5. The topological polar surface area (TPSA) is 97.5 Å². The van der Waals surface area contributed by atoms with Crippen LogP contribution in [0.3, 0.4) is 0 Å². The summed E-state index contributed by atoms with van der Waals surface area (Å²) in [6, 6.07) is 3.94. The van der Waals surface area contributed by atoms with E-state index in [0.29, 0.717) is 11.7 Å². The van der Waals surface area contributed by atoms with Gasteiger partial charge in [-0.25, -0.2) is 9.97 Å². The van der Waals surface area contributed by atoms with Crippen molar-refractivity contribution in [2.75, 3.05) is 38.2 Å². The summed E-state index contributed by atoms with van der Waals surface area (Å²) < 4.78 is 5.30. The minimum Gasteiger partial charge on any atom is -0.481 e. The Morgan fingerprint density at radius 2 is 2.08 bits per heavy atom. The minimum atomic E-state index is -0.563. The van der Waals surface area contributed by atoms with Gasteiger partial charge in [0.05, 0.1) is 19.5 Å². The van der Waals surface area contributed by atoms with Gasteiger partial charge in [0.2, 0.25) is 5.88 Å². The van der Waals surface area contributed by atoms with Gasteiger partial charge in [0, 0.05) is 44.5 Å². The largest absolute Gasteiger partial charge is 0.481 e. The molecule has 1 saturated heterocycles. The van der Waals surface area contributed by atoms with Crippen LogP contribution in [0.2, 0.25) is 0 Å². The fourth-order valence-corrected chi connectivity index (χ4v) is 2.73. The Hall–Kier alpha value is -2.74. The fourth-order valence-electron chi connectivity index (χ4n) is 2.73. The number of pyridine rings is 1. The van der Waals surface area contributed by atoms with Crippen molar-refractivity contribution in [1.82, 2.24) is 19.9 Å². The number of carbonyl (C=O) groups is 1. The molecule has 1 amide bonds. The number of rotatable bonds is 5. The van der Waals surface area contributed by atoms with Gasteiger partial charge in [-0.2, -0.15) is 0 Å². The highest BCUT2D eigenvalue weighted by molar-refractivity contribution is 5.90. The van der Waals surface area contributed by atoms with E-state index in [2.05, 4.69) is 24.8 Å². The predicted molar refractivity (Wildman–Crippen MR) is 88.8 cm³/mol. The molecule has 0 atom stereocenters.